The zero-order valence-corrected chi connectivity index (χ0v) is 9.36. The summed E-state index contributed by atoms with van der Waals surface area (Å²) in [4.78, 5) is 0. The van der Waals surface area contributed by atoms with E-state index in [2.05, 4.69) is 5.32 Å². The van der Waals surface area contributed by atoms with E-state index in [1.165, 1.54) is 6.07 Å². The Balaban J connectivity index is 3.00. The Morgan fingerprint density at radius 2 is 2.06 bits per heavy atom. The van der Waals surface area contributed by atoms with E-state index < -0.39 is 11.7 Å². The molecular weight excluding hydrogens is 241 g/mol. The van der Waals surface area contributed by atoms with Gasteiger partial charge in [-0.1, -0.05) is 11.6 Å². The molecule has 0 aliphatic rings. The molecule has 0 saturated heterocycles. The molecule has 90 valence electrons. The standard InChI is InChI=1S/C10H12ClF3N2/c1-6(5-15)16-9-4-7(10(12,13)14)2-3-8(9)11/h2-4,6,16H,5,15H2,1H3. The van der Waals surface area contributed by atoms with Crippen molar-refractivity contribution in [3.8, 4) is 0 Å². The van der Waals surface area contributed by atoms with Gasteiger partial charge in [0.05, 0.1) is 16.3 Å². The van der Waals surface area contributed by atoms with Crippen LogP contribution >= 0.6 is 11.6 Å². The van der Waals surface area contributed by atoms with E-state index in [9.17, 15) is 13.2 Å². The fraction of sp³-hybridized carbons (Fsp3) is 0.400. The number of hydrogen-bond acceptors (Lipinski definition) is 2. The molecule has 0 aliphatic heterocycles. The number of hydrogen-bond donors (Lipinski definition) is 2. The Morgan fingerprint density at radius 3 is 2.56 bits per heavy atom. The second kappa shape index (κ2) is 4.93. The van der Waals surface area contributed by atoms with Crippen LogP contribution in [0, 0.1) is 0 Å². The van der Waals surface area contributed by atoms with E-state index >= 15 is 0 Å². The average Bonchev–Trinajstić information content (AvgIpc) is 2.19. The summed E-state index contributed by atoms with van der Waals surface area (Å²) in [6.45, 7) is 2.07. The van der Waals surface area contributed by atoms with Gasteiger partial charge in [-0.15, -0.1) is 0 Å². The molecule has 0 aliphatic carbocycles. The zero-order valence-electron chi connectivity index (χ0n) is 8.61. The highest BCUT2D eigenvalue weighted by atomic mass is 35.5. The summed E-state index contributed by atoms with van der Waals surface area (Å²) in [5.74, 6) is 0. The lowest BCUT2D eigenvalue weighted by Crippen LogP contribution is -2.25. The van der Waals surface area contributed by atoms with Gasteiger partial charge >= 0.3 is 6.18 Å². The number of nitrogens with two attached hydrogens (primary N) is 1. The van der Waals surface area contributed by atoms with Gasteiger partial charge in [0.1, 0.15) is 0 Å². The number of alkyl halides is 3. The minimum absolute atomic E-state index is 0.138. The normalized spacial score (nSPS) is 13.6. The molecular formula is C10H12ClF3N2. The molecule has 0 heterocycles. The lowest BCUT2D eigenvalue weighted by Gasteiger charge is -2.16. The summed E-state index contributed by atoms with van der Waals surface area (Å²) in [6.07, 6.45) is -4.37. The van der Waals surface area contributed by atoms with Crippen molar-refractivity contribution >= 4 is 17.3 Å². The molecule has 0 amide bonds. The Morgan fingerprint density at radius 1 is 1.44 bits per heavy atom. The van der Waals surface area contributed by atoms with Gasteiger partial charge in [0.2, 0.25) is 0 Å². The Hall–Kier alpha value is -0.940. The second-order valence-electron chi connectivity index (χ2n) is 3.47. The first-order valence-electron chi connectivity index (χ1n) is 4.68. The molecule has 0 bridgehead atoms. The maximum Gasteiger partial charge on any atom is 0.416 e. The molecule has 3 N–H and O–H groups in total. The first-order chi connectivity index (χ1) is 7.34. The van der Waals surface area contributed by atoms with E-state index in [-0.39, 0.29) is 16.8 Å². The molecule has 16 heavy (non-hydrogen) atoms. The number of rotatable bonds is 3. The maximum atomic E-state index is 12.4. The van der Waals surface area contributed by atoms with Gasteiger partial charge in [-0.25, -0.2) is 0 Å². The molecule has 1 rings (SSSR count). The van der Waals surface area contributed by atoms with Crippen LogP contribution in [0.15, 0.2) is 18.2 Å². The summed E-state index contributed by atoms with van der Waals surface area (Å²) in [7, 11) is 0. The van der Waals surface area contributed by atoms with Crippen LogP contribution in [-0.4, -0.2) is 12.6 Å². The number of halogens is 4. The Kier molecular flexibility index (Phi) is 4.04. The predicted molar refractivity (Wildman–Crippen MR) is 58.6 cm³/mol. The van der Waals surface area contributed by atoms with Crippen molar-refractivity contribution in [3.63, 3.8) is 0 Å². The van der Waals surface area contributed by atoms with Gasteiger partial charge in [0.25, 0.3) is 0 Å². The molecule has 0 fully saturated rings. The lowest BCUT2D eigenvalue weighted by molar-refractivity contribution is -0.137. The summed E-state index contributed by atoms with van der Waals surface area (Å²) in [5.41, 5.74) is 4.88. The summed E-state index contributed by atoms with van der Waals surface area (Å²) in [6, 6.07) is 3.01. The Labute approximate surface area is 96.6 Å². The number of nitrogens with one attached hydrogen (secondary N) is 1. The largest absolute Gasteiger partial charge is 0.416 e. The Bertz CT molecular complexity index is 366. The first-order valence-corrected chi connectivity index (χ1v) is 5.05. The smallest absolute Gasteiger partial charge is 0.380 e. The van der Waals surface area contributed by atoms with E-state index in [0.717, 1.165) is 12.1 Å². The van der Waals surface area contributed by atoms with E-state index in [0.29, 0.717) is 6.54 Å². The van der Waals surface area contributed by atoms with Gasteiger partial charge in [-0.2, -0.15) is 13.2 Å². The maximum absolute atomic E-state index is 12.4. The SMILES string of the molecule is CC(CN)Nc1cc(C(F)(F)F)ccc1Cl. The summed E-state index contributed by atoms with van der Waals surface area (Å²) in [5, 5.41) is 3.06. The topological polar surface area (TPSA) is 38.0 Å². The third-order valence-electron chi connectivity index (χ3n) is 2.05. The van der Waals surface area contributed by atoms with Crippen molar-refractivity contribution in [2.24, 2.45) is 5.73 Å². The fourth-order valence-corrected chi connectivity index (χ4v) is 1.31. The number of benzene rings is 1. The van der Waals surface area contributed by atoms with Gasteiger partial charge in [0.15, 0.2) is 0 Å². The molecule has 0 spiro atoms. The predicted octanol–water partition coefficient (Wildman–Crippen LogP) is 3.12. The van der Waals surface area contributed by atoms with Crippen LogP contribution in [-0.2, 0) is 6.18 Å². The van der Waals surface area contributed by atoms with Gasteiger partial charge in [-0.05, 0) is 25.1 Å². The van der Waals surface area contributed by atoms with Crippen LogP contribution < -0.4 is 11.1 Å². The third-order valence-corrected chi connectivity index (χ3v) is 2.38. The van der Waals surface area contributed by atoms with E-state index in [1.807, 2.05) is 0 Å². The quantitative estimate of drug-likeness (QED) is 0.867. The average molecular weight is 253 g/mol. The van der Waals surface area contributed by atoms with Crippen LogP contribution in [0.1, 0.15) is 12.5 Å². The highest BCUT2D eigenvalue weighted by Crippen LogP contribution is 2.33. The molecule has 1 atom stereocenters. The van der Waals surface area contributed by atoms with Crippen molar-refractivity contribution in [2.45, 2.75) is 19.1 Å². The lowest BCUT2D eigenvalue weighted by atomic mass is 10.2. The van der Waals surface area contributed by atoms with Crippen LogP contribution in [0.3, 0.4) is 0 Å². The molecule has 1 unspecified atom stereocenters. The summed E-state index contributed by atoms with van der Waals surface area (Å²) < 4.78 is 37.3. The van der Waals surface area contributed by atoms with Crippen LogP contribution in [0.5, 0.6) is 0 Å². The zero-order chi connectivity index (χ0) is 12.3. The van der Waals surface area contributed by atoms with Crippen molar-refractivity contribution < 1.29 is 13.2 Å². The van der Waals surface area contributed by atoms with E-state index in [1.54, 1.807) is 6.92 Å². The molecule has 6 heteroatoms. The molecule has 1 aromatic rings. The van der Waals surface area contributed by atoms with Crippen molar-refractivity contribution in [3.05, 3.63) is 28.8 Å². The molecule has 0 radical (unpaired) electrons. The first kappa shape index (κ1) is 13.1. The van der Waals surface area contributed by atoms with Crippen molar-refractivity contribution in [1.29, 1.82) is 0 Å². The van der Waals surface area contributed by atoms with Crippen molar-refractivity contribution in [2.75, 3.05) is 11.9 Å². The second-order valence-corrected chi connectivity index (χ2v) is 3.88. The minimum atomic E-state index is -4.37. The van der Waals surface area contributed by atoms with Crippen LogP contribution in [0.25, 0.3) is 0 Å². The third kappa shape index (κ3) is 3.28. The van der Waals surface area contributed by atoms with Crippen LogP contribution in [0.2, 0.25) is 5.02 Å². The molecule has 1 aromatic carbocycles. The van der Waals surface area contributed by atoms with E-state index in [4.69, 9.17) is 17.3 Å². The highest BCUT2D eigenvalue weighted by Gasteiger charge is 2.30. The van der Waals surface area contributed by atoms with Crippen molar-refractivity contribution in [1.82, 2.24) is 0 Å². The molecule has 0 saturated carbocycles. The van der Waals surface area contributed by atoms with Crippen LogP contribution in [0.4, 0.5) is 18.9 Å². The fourth-order valence-electron chi connectivity index (χ4n) is 1.14. The monoisotopic (exact) mass is 252 g/mol. The summed E-state index contributed by atoms with van der Waals surface area (Å²) >= 11 is 5.78. The number of anilines is 1. The molecule has 2 nitrogen and oxygen atoms in total. The van der Waals surface area contributed by atoms with Gasteiger partial charge in [0, 0.05) is 12.6 Å². The van der Waals surface area contributed by atoms with Gasteiger partial charge in [-0.3, -0.25) is 0 Å². The van der Waals surface area contributed by atoms with Gasteiger partial charge < -0.3 is 11.1 Å². The molecule has 0 aromatic heterocycles. The minimum Gasteiger partial charge on any atom is -0.380 e. The highest BCUT2D eigenvalue weighted by molar-refractivity contribution is 6.33.